The molecule has 0 aromatic carbocycles. The molecule has 4 N–H and O–H groups in total. The van der Waals surface area contributed by atoms with E-state index in [-0.39, 0.29) is 18.9 Å². The zero-order valence-corrected chi connectivity index (χ0v) is 18.8. The van der Waals surface area contributed by atoms with Gasteiger partial charge in [0.1, 0.15) is 0 Å². The van der Waals surface area contributed by atoms with E-state index in [4.69, 9.17) is 10.8 Å². The number of aliphatic carboxylic acids is 1. The van der Waals surface area contributed by atoms with Gasteiger partial charge in [0.25, 0.3) is 6.43 Å². The van der Waals surface area contributed by atoms with Gasteiger partial charge in [0.05, 0.1) is 0 Å². The predicted molar refractivity (Wildman–Crippen MR) is 122 cm³/mol. The molecule has 0 aliphatic rings. The highest BCUT2D eigenvalue weighted by molar-refractivity contribution is 5.79. The highest BCUT2D eigenvalue weighted by Crippen LogP contribution is 2.19. The molecule has 0 aromatic heterocycles. The predicted octanol–water partition coefficient (Wildman–Crippen LogP) is 5.52. The van der Waals surface area contributed by atoms with Crippen LogP contribution >= 0.6 is 0 Å². The number of nitrogens with one attached hydrogen (secondary N) is 1. The number of unbranched alkanes of at least 4 members (excludes halogenated alkanes) is 5. The molecule has 0 saturated heterocycles. The standard InChI is InChI=1S/C24H40F2N2O3/c1-2-3-4-5-6-7-8-9-10-11-12-13-14-15-16-18-21(29)28-20-17-19-24(27,22(25)26)23(30)31/h6-7,9-10,12-13,22H,2-5,8,11,14-20,27H2,1H3,(H,28,29)(H,30,31). The fourth-order valence-electron chi connectivity index (χ4n) is 2.84. The Bertz CT molecular complexity index is 577. The van der Waals surface area contributed by atoms with Gasteiger partial charge in [0.2, 0.25) is 5.91 Å². The van der Waals surface area contributed by atoms with Crippen molar-refractivity contribution in [3.05, 3.63) is 36.5 Å². The summed E-state index contributed by atoms with van der Waals surface area (Å²) in [7, 11) is 0. The molecule has 31 heavy (non-hydrogen) atoms. The Morgan fingerprint density at radius 1 is 0.935 bits per heavy atom. The summed E-state index contributed by atoms with van der Waals surface area (Å²) in [6.07, 6.45) is 19.3. The number of carbonyl (C=O) groups is 2. The molecule has 0 rings (SSSR count). The van der Waals surface area contributed by atoms with Crippen molar-refractivity contribution >= 4 is 11.9 Å². The van der Waals surface area contributed by atoms with Crippen LogP contribution in [0.4, 0.5) is 8.78 Å². The number of hydrogen-bond donors (Lipinski definition) is 3. The topological polar surface area (TPSA) is 92.4 Å². The van der Waals surface area contributed by atoms with Crippen LogP contribution in [0.2, 0.25) is 0 Å². The average molecular weight is 443 g/mol. The largest absolute Gasteiger partial charge is 0.480 e. The maximum atomic E-state index is 12.7. The summed E-state index contributed by atoms with van der Waals surface area (Å²) in [5, 5.41) is 11.4. The summed E-state index contributed by atoms with van der Waals surface area (Å²) in [5.41, 5.74) is 2.67. The van der Waals surface area contributed by atoms with Crippen molar-refractivity contribution < 1.29 is 23.5 Å². The summed E-state index contributed by atoms with van der Waals surface area (Å²) in [5.74, 6) is -1.89. The molecule has 1 amide bonds. The molecule has 0 aromatic rings. The van der Waals surface area contributed by atoms with Gasteiger partial charge in [-0.1, -0.05) is 56.2 Å². The van der Waals surface area contributed by atoms with Gasteiger partial charge in [-0.25, -0.2) is 13.6 Å². The van der Waals surface area contributed by atoms with Crippen molar-refractivity contribution in [3.63, 3.8) is 0 Å². The Labute approximate surface area is 185 Å². The molecular formula is C24H40F2N2O3. The number of carboxylic acids is 1. The van der Waals surface area contributed by atoms with Gasteiger partial charge in [-0.05, 0) is 57.8 Å². The third-order valence-electron chi connectivity index (χ3n) is 4.92. The van der Waals surface area contributed by atoms with Crippen LogP contribution in [0, 0.1) is 0 Å². The number of halogens is 2. The van der Waals surface area contributed by atoms with E-state index in [0.29, 0.717) is 6.42 Å². The molecule has 1 atom stereocenters. The fourth-order valence-corrected chi connectivity index (χ4v) is 2.84. The SMILES string of the molecule is CCCCCC=CCC=CCC=CCCCCC(=O)NCCCC(N)(C(=O)O)C(F)F. The molecule has 0 aliphatic heterocycles. The van der Waals surface area contributed by atoms with E-state index in [1.54, 1.807) is 0 Å². The van der Waals surface area contributed by atoms with Gasteiger partial charge >= 0.3 is 5.97 Å². The molecular weight excluding hydrogens is 402 g/mol. The van der Waals surface area contributed by atoms with Crippen LogP contribution in [0.15, 0.2) is 36.5 Å². The Balaban J connectivity index is 3.67. The summed E-state index contributed by atoms with van der Waals surface area (Å²) in [4.78, 5) is 22.6. The molecule has 1 unspecified atom stereocenters. The van der Waals surface area contributed by atoms with Crippen LogP contribution in [-0.2, 0) is 9.59 Å². The van der Waals surface area contributed by atoms with Crippen LogP contribution in [0.3, 0.4) is 0 Å². The van der Waals surface area contributed by atoms with E-state index in [2.05, 4.69) is 48.7 Å². The molecule has 0 aliphatic carbocycles. The third-order valence-corrected chi connectivity index (χ3v) is 4.92. The van der Waals surface area contributed by atoms with Crippen LogP contribution in [0.1, 0.15) is 84.0 Å². The number of nitrogens with two attached hydrogens (primary N) is 1. The van der Waals surface area contributed by atoms with Crippen LogP contribution in [0.25, 0.3) is 0 Å². The number of rotatable bonds is 19. The van der Waals surface area contributed by atoms with Gasteiger partial charge in [-0.2, -0.15) is 0 Å². The average Bonchev–Trinajstić information content (AvgIpc) is 2.73. The van der Waals surface area contributed by atoms with Gasteiger partial charge in [-0.15, -0.1) is 0 Å². The molecule has 0 fully saturated rings. The molecule has 0 saturated carbocycles. The first kappa shape index (κ1) is 29.0. The lowest BCUT2D eigenvalue weighted by Crippen LogP contribution is -2.54. The van der Waals surface area contributed by atoms with E-state index in [1.165, 1.54) is 19.3 Å². The minimum absolute atomic E-state index is 0.0871. The summed E-state index contributed by atoms with van der Waals surface area (Å²) in [6, 6.07) is 0. The molecule has 0 heterocycles. The lowest BCUT2D eigenvalue weighted by atomic mass is 9.95. The third kappa shape index (κ3) is 15.4. The second-order valence-corrected chi connectivity index (χ2v) is 7.73. The smallest absolute Gasteiger partial charge is 0.329 e. The lowest BCUT2D eigenvalue weighted by molar-refractivity contribution is -0.150. The van der Waals surface area contributed by atoms with E-state index < -0.39 is 24.4 Å². The number of allylic oxidation sites excluding steroid dienone is 6. The van der Waals surface area contributed by atoms with Crippen LogP contribution in [0.5, 0.6) is 0 Å². The molecule has 7 heteroatoms. The minimum atomic E-state index is -3.15. The minimum Gasteiger partial charge on any atom is -0.480 e. The maximum absolute atomic E-state index is 12.7. The summed E-state index contributed by atoms with van der Waals surface area (Å²) >= 11 is 0. The Kier molecular flexibility index (Phi) is 17.5. The first-order valence-electron chi connectivity index (χ1n) is 11.4. The van der Waals surface area contributed by atoms with Crippen molar-refractivity contribution in [1.82, 2.24) is 5.32 Å². The zero-order chi connectivity index (χ0) is 23.4. The molecule has 0 spiro atoms. The van der Waals surface area contributed by atoms with Gasteiger partial charge in [0.15, 0.2) is 5.54 Å². The van der Waals surface area contributed by atoms with Gasteiger partial charge < -0.3 is 16.2 Å². The zero-order valence-electron chi connectivity index (χ0n) is 18.8. The van der Waals surface area contributed by atoms with Crippen molar-refractivity contribution in [2.24, 2.45) is 5.73 Å². The Morgan fingerprint density at radius 2 is 1.48 bits per heavy atom. The van der Waals surface area contributed by atoms with E-state index in [9.17, 15) is 18.4 Å². The normalized spacial score (nSPS) is 14.1. The Morgan fingerprint density at radius 3 is 2.00 bits per heavy atom. The lowest BCUT2D eigenvalue weighted by Gasteiger charge is -2.23. The van der Waals surface area contributed by atoms with Crippen molar-refractivity contribution in [3.8, 4) is 0 Å². The number of carboxylic acid groups (broad SMARTS) is 1. The first-order valence-corrected chi connectivity index (χ1v) is 11.4. The number of carbonyl (C=O) groups excluding carboxylic acids is 1. The number of amides is 1. The highest BCUT2D eigenvalue weighted by Gasteiger charge is 2.43. The van der Waals surface area contributed by atoms with Gasteiger partial charge in [0, 0.05) is 13.0 Å². The summed E-state index contributed by atoms with van der Waals surface area (Å²) in [6.45, 7) is 2.34. The number of hydrogen-bond acceptors (Lipinski definition) is 3. The second kappa shape index (κ2) is 18.7. The van der Waals surface area contributed by atoms with Crippen LogP contribution in [-0.4, -0.2) is 35.5 Å². The summed E-state index contributed by atoms with van der Waals surface area (Å²) < 4.78 is 25.5. The quantitative estimate of drug-likeness (QED) is 0.181. The van der Waals surface area contributed by atoms with Crippen molar-refractivity contribution in [2.75, 3.05) is 6.54 Å². The van der Waals surface area contributed by atoms with Crippen LogP contribution < -0.4 is 11.1 Å². The van der Waals surface area contributed by atoms with E-state index in [1.807, 2.05) is 0 Å². The van der Waals surface area contributed by atoms with Crippen molar-refractivity contribution in [2.45, 2.75) is 95.9 Å². The molecule has 5 nitrogen and oxygen atoms in total. The Hall–Kier alpha value is -2.02. The maximum Gasteiger partial charge on any atom is 0.329 e. The van der Waals surface area contributed by atoms with E-state index >= 15 is 0 Å². The number of alkyl halides is 2. The second-order valence-electron chi connectivity index (χ2n) is 7.73. The molecule has 178 valence electrons. The fraction of sp³-hybridized carbons (Fsp3) is 0.667. The van der Waals surface area contributed by atoms with E-state index in [0.717, 1.165) is 38.5 Å². The first-order chi connectivity index (χ1) is 14.8. The monoisotopic (exact) mass is 442 g/mol. The highest BCUT2D eigenvalue weighted by atomic mass is 19.3. The van der Waals surface area contributed by atoms with Crippen molar-refractivity contribution in [1.29, 1.82) is 0 Å². The van der Waals surface area contributed by atoms with Gasteiger partial charge in [-0.3, -0.25) is 4.79 Å². The molecule has 0 bridgehead atoms. The molecule has 0 radical (unpaired) electrons.